The number of nitrogens with zero attached hydrogens (tertiary/aromatic N) is 1. The summed E-state index contributed by atoms with van der Waals surface area (Å²) >= 11 is 1.61. The van der Waals surface area contributed by atoms with Crippen molar-refractivity contribution in [3.8, 4) is 11.5 Å². The third-order valence-corrected chi connectivity index (χ3v) is 5.72. The summed E-state index contributed by atoms with van der Waals surface area (Å²) in [6, 6.07) is 9.35. The first-order valence-electron chi connectivity index (χ1n) is 8.65. The monoisotopic (exact) mass is 372 g/mol. The molecule has 1 N–H and O–H groups in total. The van der Waals surface area contributed by atoms with Gasteiger partial charge in [-0.2, -0.15) is 0 Å². The SMILES string of the molecule is C[C@@H](NC(=O)[C@@H]1CC(=O)N(c2ccc3c(c2)OCCO3)C1)c1cccs1. The molecule has 0 saturated carbocycles. The van der Waals surface area contributed by atoms with Crippen LogP contribution >= 0.6 is 11.3 Å². The maximum atomic E-state index is 12.6. The van der Waals surface area contributed by atoms with E-state index in [1.807, 2.05) is 36.6 Å². The molecule has 2 amide bonds. The Bertz CT molecular complexity index is 821. The summed E-state index contributed by atoms with van der Waals surface area (Å²) in [6.45, 7) is 3.36. The largest absolute Gasteiger partial charge is 0.486 e. The van der Waals surface area contributed by atoms with Gasteiger partial charge in [-0.05, 0) is 30.5 Å². The smallest absolute Gasteiger partial charge is 0.227 e. The molecular weight excluding hydrogens is 352 g/mol. The second-order valence-electron chi connectivity index (χ2n) is 6.48. The van der Waals surface area contributed by atoms with Gasteiger partial charge in [0.1, 0.15) is 13.2 Å². The summed E-state index contributed by atoms with van der Waals surface area (Å²) < 4.78 is 11.1. The molecular formula is C19H20N2O4S. The Morgan fingerprint density at radius 1 is 1.27 bits per heavy atom. The number of rotatable bonds is 4. The minimum Gasteiger partial charge on any atom is -0.486 e. The minimum absolute atomic E-state index is 0.0504. The zero-order valence-corrected chi connectivity index (χ0v) is 15.3. The van der Waals surface area contributed by atoms with Crippen LogP contribution in [0.2, 0.25) is 0 Å². The van der Waals surface area contributed by atoms with Crippen molar-refractivity contribution in [3.05, 3.63) is 40.6 Å². The lowest BCUT2D eigenvalue weighted by Gasteiger charge is -2.22. The molecule has 1 saturated heterocycles. The van der Waals surface area contributed by atoms with Crippen LogP contribution in [0.15, 0.2) is 35.7 Å². The molecule has 2 aromatic rings. The average Bonchev–Trinajstić information content (AvgIpc) is 3.31. The maximum absolute atomic E-state index is 12.6. The number of carbonyl (C=O) groups excluding carboxylic acids is 2. The average molecular weight is 372 g/mol. The number of thiophene rings is 1. The van der Waals surface area contributed by atoms with Gasteiger partial charge >= 0.3 is 0 Å². The van der Waals surface area contributed by atoms with Crippen LogP contribution in [0.4, 0.5) is 5.69 Å². The predicted molar refractivity (Wildman–Crippen MR) is 98.8 cm³/mol. The fraction of sp³-hybridized carbons (Fsp3) is 0.368. The van der Waals surface area contributed by atoms with Gasteiger partial charge in [-0.25, -0.2) is 0 Å². The van der Waals surface area contributed by atoms with Gasteiger partial charge in [-0.3, -0.25) is 9.59 Å². The predicted octanol–water partition coefficient (Wildman–Crippen LogP) is 2.75. The lowest BCUT2D eigenvalue weighted by atomic mass is 10.1. The van der Waals surface area contributed by atoms with Crippen LogP contribution in [0.25, 0.3) is 0 Å². The highest BCUT2D eigenvalue weighted by Crippen LogP contribution is 2.36. The molecule has 1 fully saturated rings. The van der Waals surface area contributed by atoms with Gasteiger partial charge in [0, 0.05) is 29.6 Å². The highest BCUT2D eigenvalue weighted by Gasteiger charge is 2.36. The highest BCUT2D eigenvalue weighted by atomic mass is 32.1. The number of nitrogens with one attached hydrogen (secondary N) is 1. The second kappa shape index (κ2) is 6.99. The van der Waals surface area contributed by atoms with Gasteiger partial charge in [0.05, 0.1) is 12.0 Å². The number of fused-ring (bicyclic) bond motifs is 1. The molecule has 136 valence electrons. The van der Waals surface area contributed by atoms with Gasteiger partial charge in [0.15, 0.2) is 11.5 Å². The van der Waals surface area contributed by atoms with Crippen molar-refractivity contribution < 1.29 is 19.1 Å². The Morgan fingerprint density at radius 3 is 2.85 bits per heavy atom. The van der Waals surface area contributed by atoms with Crippen molar-refractivity contribution in [2.45, 2.75) is 19.4 Å². The van der Waals surface area contributed by atoms with Gasteiger partial charge in [0.2, 0.25) is 11.8 Å². The van der Waals surface area contributed by atoms with Crippen LogP contribution < -0.4 is 19.7 Å². The van der Waals surface area contributed by atoms with Crippen LogP contribution in [0.3, 0.4) is 0 Å². The molecule has 1 aromatic carbocycles. The number of benzene rings is 1. The highest BCUT2D eigenvalue weighted by molar-refractivity contribution is 7.10. The van der Waals surface area contributed by atoms with Crippen molar-refractivity contribution in [2.75, 3.05) is 24.7 Å². The van der Waals surface area contributed by atoms with Crippen molar-refractivity contribution in [1.29, 1.82) is 0 Å². The molecule has 0 bridgehead atoms. The Hall–Kier alpha value is -2.54. The number of anilines is 1. The molecule has 0 unspecified atom stereocenters. The van der Waals surface area contributed by atoms with E-state index in [4.69, 9.17) is 9.47 Å². The molecule has 7 heteroatoms. The first kappa shape index (κ1) is 16.9. The van der Waals surface area contributed by atoms with Crippen molar-refractivity contribution in [3.63, 3.8) is 0 Å². The number of carbonyl (C=O) groups is 2. The van der Waals surface area contributed by atoms with Crippen LogP contribution in [-0.2, 0) is 9.59 Å². The van der Waals surface area contributed by atoms with E-state index in [0.29, 0.717) is 31.3 Å². The summed E-state index contributed by atoms with van der Waals surface area (Å²) in [5.74, 6) is 0.842. The molecule has 0 spiro atoms. The molecule has 6 nitrogen and oxygen atoms in total. The zero-order chi connectivity index (χ0) is 18.1. The molecule has 2 aliphatic rings. The van der Waals surface area contributed by atoms with E-state index in [9.17, 15) is 9.59 Å². The first-order chi connectivity index (χ1) is 12.6. The molecule has 3 heterocycles. The lowest BCUT2D eigenvalue weighted by Crippen LogP contribution is -2.34. The van der Waals surface area contributed by atoms with Crippen molar-refractivity contribution >= 4 is 28.8 Å². The standard InChI is InChI=1S/C19H20N2O4S/c1-12(17-3-2-8-26-17)20-19(23)13-9-18(22)21(11-13)14-4-5-15-16(10-14)25-7-6-24-15/h2-5,8,10,12-13H,6-7,9,11H2,1H3,(H,20,23)/t12-,13-/m1/s1. The second-order valence-corrected chi connectivity index (χ2v) is 7.46. The van der Waals surface area contributed by atoms with Crippen LogP contribution in [-0.4, -0.2) is 31.6 Å². The summed E-state index contributed by atoms with van der Waals surface area (Å²) in [5, 5.41) is 5.00. The molecule has 2 aliphatic heterocycles. The summed E-state index contributed by atoms with van der Waals surface area (Å²) in [5.41, 5.74) is 0.737. The molecule has 2 atom stereocenters. The Kier molecular flexibility index (Phi) is 4.55. The Morgan fingerprint density at radius 2 is 2.08 bits per heavy atom. The first-order valence-corrected chi connectivity index (χ1v) is 9.53. The molecule has 26 heavy (non-hydrogen) atoms. The van der Waals surface area contributed by atoms with Gasteiger partial charge in [-0.15, -0.1) is 11.3 Å². The number of hydrogen-bond donors (Lipinski definition) is 1. The molecule has 4 rings (SSSR count). The Labute approximate surface area is 155 Å². The molecule has 1 aromatic heterocycles. The minimum atomic E-state index is -0.349. The zero-order valence-electron chi connectivity index (χ0n) is 14.4. The van der Waals surface area contributed by atoms with E-state index in [1.54, 1.807) is 22.3 Å². The van der Waals surface area contributed by atoms with Crippen molar-refractivity contribution in [2.24, 2.45) is 5.92 Å². The van der Waals surface area contributed by atoms with Crippen LogP contribution in [0, 0.1) is 5.92 Å². The quantitative estimate of drug-likeness (QED) is 0.896. The number of hydrogen-bond acceptors (Lipinski definition) is 5. The van der Waals surface area contributed by atoms with E-state index in [2.05, 4.69) is 5.32 Å². The summed E-state index contributed by atoms with van der Waals surface area (Å²) in [7, 11) is 0. The van der Waals surface area contributed by atoms with Crippen molar-refractivity contribution in [1.82, 2.24) is 5.32 Å². The number of ether oxygens (including phenoxy) is 2. The number of amides is 2. The Balaban J connectivity index is 1.44. The normalized spacial score (nSPS) is 20.1. The van der Waals surface area contributed by atoms with E-state index in [1.165, 1.54) is 0 Å². The summed E-state index contributed by atoms with van der Waals surface area (Å²) in [6.07, 6.45) is 0.220. The van der Waals surface area contributed by atoms with E-state index in [-0.39, 0.29) is 30.2 Å². The summed E-state index contributed by atoms with van der Waals surface area (Å²) in [4.78, 5) is 27.8. The van der Waals surface area contributed by atoms with Gasteiger partial charge in [-0.1, -0.05) is 6.07 Å². The maximum Gasteiger partial charge on any atom is 0.227 e. The molecule has 0 radical (unpaired) electrons. The topological polar surface area (TPSA) is 67.9 Å². The van der Waals surface area contributed by atoms with E-state index in [0.717, 1.165) is 10.6 Å². The fourth-order valence-corrected chi connectivity index (χ4v) is 4.01. The third-order valence-electron chi connectivity index (χ3n) is 4.66. The fourth-order valence-electron chi connectivity index (χ4n) is 3.27. The van der Waals surface area contributed by atoms with Gasteiger partial charge < -0.3 is 19.7 Å². The van der Waals surface area contributed by atoms with Crippen LogP contribution in [0.5, 0.6) is 11.5 Å². The lowest BCUT2D eigenvalue weighted by molar-refractivity contribution is -0.126. The third kappa shape index (κ3) is 3.26. The van der Waals surface area contributed by atoms with Crippen LogP contribution in [0.1, 0.15) is 24.3 Å². The molecule has 0 aliphatic carbocycles. The van der Waals surface area contributed by atoms with Gasteiger partial charge in [0.25, 0.3) is 0 Å². The van der Waals surface area contributed by atoms with E-state index < -0.39 is 0 Å². The van der Waals surface area contributed by atoms with E-state index >= 15 is 0 Å².